The number of piperazine rings is 1. The van der Waals surface area contributed by atoms with Crippen LogP contribution in [-0.4, -0.2) is 81.1 Å². The molecule has 0 saturated carbocycles. The maximum Gasteiger partial charge on any atom is 0.321 e. The molecule has 0 bridgehead atoms. The van der Waals surface area contributed by atoms with Gasteiger partial charge in [0.25, 0.3) is 11.8 Å². The van der Waals surface area contributed by atoms with Crippen LogP contribution >= 0.6 is 0 Å². The third kappa shape index (κ3) is 4.32. The van der Waals surface area contributed by atoms with Crippen LogP contribution in [0, 0.1) is 0 Å². The molecule has 2 heterocycles. The number of anilines is 1. The number of amides is 4. The second kappa shape index (κ2) is 9.17. The Morgan fingerprint density at radius 2 is 1.41 bits per heavy atom. The molecule has 168 valence electrons. The van der Waals surface area contributed by atoms with E-state index in [9.17, 15) is 14.4 Å². The van der Waals surface area contributed by atoms with Crippen molar-refractivity contribution >= 4 is 23.5 Å². The van der Waals surface area contributed by atoms with Gasteiger partial charge in [-0.3, -0.25) is 14.5 Å². The van der Waals surface area contributed by atoms with Crippen LogP contribution in [-0.2, 0) is 0 Å². The highest BCUT2D eigenvalue weighted by atomic mass is 16.5. The molecular weight excluding hydrogens is 412 g/mol. The summed E-state index contributed by atoms with van der Waals surface area (Å²) in [7, 11) is 3.08. The van der Waals surface area contributed by atoms with Crippen molar-refractivity contribution in [2.45, 2.75) is 0 Å². The van der Waals surface area contributed by atoms with Gasteiger partial charge < -0.3 is 24.6 Å². The van der Waals surface area contributed by atoms with Crippen molar-refractivity contribution in [3.63, 3.8) is 0 Å². The van der Waals surface area contributed by atoms with Crippen LogP contribution < -0.4 is 19.7 Å². The number of carbonyl (C=O) groups excluding carboxylic acids is 3. The molecule has 0 unspecified atom stereocenters. The van der Waals surface area contributed by atoms with Crippen molar-refractivity contribution in [2.24, 2.45) is 0 Å². The molecule has 0 radical (unpaired) electrons. The minimum atomic E-state index is -0.157. The fourth-order valence-corrected chi connectivity index (χ4v) is 3.93. The summed E-state index contributed by atoms with van der Waals surface area (Å²) in [5, 5.41) is 2.76. The Labute approximate surface area is 186 Å². The first-order valence-corrected chi connectivity index (χ1v) is 10.5. The van der Waals surface area contributed by atoms with Gasteiger partial charge in [-0.2, -0.15) is 0 Å². The second-order valence-corrected chi connectivity index (χ2v) is 7.62. The van der Waals surface area contributed by atoms with Crippen molar-refractivity contribution in [2.75, 3.05) is 58.4 Å². The molecule has 2 aliphatic heterocycles. The largest absolute Gasteiger partial charge is 0.497 e. The second-order valence-electron chi connectivity index (χ2n) is 7.62. The molecule has 32 heavy (non-hydrogen) atoms. The van der Waals surface area contributed by atoms with Crippen LogP contribution in [0.5, 0.6) is 11.5 Å². The topological polar surface area (TPSA) is 91.4 Å². The SMILES string of the molecule is COc1cc(OC)cc(C(=O)N2CCN(C(=O)c3cccc(N4CCNC4=O)c3)CC2)c1. The molecule has 2 saturated heterocycles. The van der Waals surface area contributed by atoms with E-state index in [1.54, 1.807) is 65.3 Å². The van der Waals surface area contributed by atoms with E-state index < -0.39 is 0 Å². The molecule has 0 aromatic heterocycles. The number of methoxy groups -OCH3 is 2. The molecular formula is C23H26N4O5. The number of hydrogen-bond donors (Lipinski definition) is 1. The first kappa shape index (κ1) is 21.5. The Morgan fingerprint density at radius 3 is 1.94 bits per heavy atom. The number of hydrogen-bond acceptors (Lipinski definition) is 5. The summed E-state index contributed by atoms with van der Waals surface area (Å²) in [6, 6.07) is 12.0. The Bertz CT molecular complexity index is 1010. The summed E-state index contributed by atoms with van der Waals surface area (Å²) >= 11 is 0. The predicted octanol–water partition coefficient (Wildman–Crippen LogP) is 1.83. The number of urea groups is 1. The van der Waals surface area contributed by atoms with E-state index in [0.29, 0.717) is 67.6 Å². The molecule has 9 nitrogen and oxygen atoms in total. The van der Waals surface area contributed by atoms with Crippen molar-refractivity contribution in [1.82, 2.24) is 15.1 Å². The van der Waals surface area contributed by atoms with Crippen LogP contribution in [0.4, 0.5) is 10.5 Å². The number of benzene rings is 2. The Morgan fingerprint density at radius 1 is 0.812 bits per heavy atom. The summed E-state index contributed by atoms with van der Waals surface area (Å²) < 4.78 is 10.5. The van der Waals surface area contributed by atoms with Gasteiger partial charge in [-0.25, -0.2) is 4.79 Å². The third-order valence-corrected chi connectivity index (χ3v) is 5.71. The minimum Gasteiger partial charge on any atom is -0.497 e. The van der Waals surface area contributed by atoms with Crippen LogP contribution in [0.1, 0.15) is 20.7 Å². The van der Waals surface area contributed by atoms with Crippen LogP contribution in [0.15, 0.2) is 42.5 Å². The molecule has 2 aliphatic rings. The molecule has 4 amide bonds. The van der Waals surface area contributed by atoms with Gasteiger partial charge >= 0.3 is 6.03 Å². The van der Waals surface area contributed by atoms with E-state index in [2.05, 4.69) is 5.32 Å². The van der Waals surface area contributed by atoms with Crippen LogP contribution in [0.3, 0.4) is 0 Å². The smallest absolute Gasteiger partial charge is 0.321 e. The fraction of sp³-hybridized carbons (Fsp3) is 0.348. The highest BCUT2D eigenvalue weighted by Gasteiger charge is 2.27. The predicted molar refractivity (Wildman–Crippen MR) is 119 cm³/mol. The summed E-state index contributed by atoms with van der Waals surface area (Å²) in [5.41, 5.74) is 1.71. The molecule has 1 N–H and O–H groups in total. The molecule has 9 heteroatoms. The van der Waals surface area contributed by atoms with Gasteiger partial charge in [0.2, 0.25) is 0 Å². The maximum absolute atomic E-state index is 13.0. The van der Waals surface area contributed by atoms with Gasteiger partial charge in [0.05, 0.1) is 14.2 Å². The number of ether oxygens (including phenoxy) is 2. The van der Waals surface area contributed by atoms with Gasteiger partial charge in [0.15, 0.2) is 0 Å². The van der Waals surface area contributed by atoms with Crippen LogP contribution in [0.25, 0.3) is 0 Å². The van der Waals surface area contributed by atoms with E-state index in [1.807, 2.05) is 6.07 Å². The lowest BCUT2D eigenvalue weighted by Gasteiger charge is -2.35. The van der Waals surface area contributed by atoms with Gasteiger partial charge in [-0.1, -0.05) is 6.07 Å². The normalized spacial score (nSPS) is 16.1. The van der Waals surface area contributed by atoms with Gasteiger partial charge in [-0.15, -0.1) is 0 Å². The average molecular weight is 438 g/mol. The van der Waals surface area contributed by atoms with Crippen molar-refractivity contribution in [3.8, 4) is 11.5 Å². The Balaban J connectivity index is 1.41. The molecule has 2 fully saturated rings. The summed E-state index contributed by atoms with van der Waals surface area (Å²) in [4.78, 5) is 43.0. The molecule has 0 aliphatic carbocycles. The third-order valence-electron chi connectivity index (χ3n) is 5.71. The first-order valence-electron chi connectivity index (χ1n) is 10.5. The lowest BCUT2D eigenvalue weighted by molar-refractivity contribution is 0.0535. The van der Waals surface area contributed by atoms with Crippen molar-refractivity contribution in [3.05, 3.63) is 53.6 Å². The summed E-state index contributed by atoms with van der Waals surface area (Å²) in [6.45, 7) is 2.88. The van der Waals surface area contributed by atoms with Gasteiger partial charge in [0.1, 0.15) is 11.5 Å². The maximum atomic E-state index is 13.0. The molecule has 2 aromatic carbocycles. The standard InChI is InChI=1S/C23H26N4O5/c1-31-19-13-17(14-20(15-19)32-2)22(29)26-10-8-25(9-11-26)21(28)16-4-3-5-18(12-16)27-7-6-24-23(27)30/h3-5,12-15H,6-11H2,1-2H3,(H,24,30). The molecule has 0 atom stereocenters. The number of nitrogens with one attached hydrogen (secondary N) is 1. The van der Waals surface area contributed by atoms with E-state index in [4.69, 9.17) is 9.47 Å². The fourth-order valence-electron chi connectivity index (χ4n) is 3.93. The highest BCUT2D eigenvalue weighted by molar-refractivity contribution is 5.99. The zero-order chi connectivity index (χ0) is 22.7. The molecule has 0 spiro atoms. The monoisotopic (exact) mass is 438 g/mol. The quantitative estimate of drug-likeness (QED) is 0.769. The number of rotatable bonds is 5. The minimum absolute atomic E-state index is 0.110. The van der Waals surface area contributed by atoms with E-state index in [0.717, 1.165) is 0 Å². The lowest BCUT2D eigenvalue weighted by atomic mass is 10.1. The summed E-state index contributed by atoms with van der Waals surface area (Å²) in [5.74, 6) is 0.860. The highest BCUT2D eigenvalue weighted by Crippen LogP contribution is 2.24. The first-order chi connectivity index (χ1) is 15.5. The van der Waals surface area contributed by atoms with Crippen LogP contribution in [0.2, 0.25) is 0 Å². The zero-order valence-electron chi connectivity index (χ0n) is 18.2. The molecule has 4 rings (SSSR count). The Hall–Kier alpha value is -3.75. The summed E-state index contributed by atoms with van der Waals surface area (Å²) in [6.07, 6.45) is 0. The lowest BCUT2D eigenvalue weighted by Crippen LogP contribution is -2.50. The van der Waals surface area contributed by atoms with E-state index in [1.165, 1.54) is 0 Å². The number of carbonyl (C=O) groups is 3. The number of nitrogens with zero attached hydrogens (tertiary/aromatic N) is 3. The van der Waals surface area contributed by atoms with E-state index in [-0.39, 0.29) is 17.8 Å². The Kier molecular flexibility index (Phi) is 6.16. The van der Waals surface area contributed by atoms with Gasteiger partial charge in [-0.05, 0) is 30.3 Å². The van der Waals surface area contributed by atoms with Gasteiger partial charge in [0, 0.05) is 62.1 Å². The van der Waals surface area contributed by atoms with E-state index >= 15 is 0 Å². The zero-order valence-corrected chi connectivity index (χ0v) is 18.2. The van der Waals surface area contributed by atoms with Crippen molar-refractivity contribution < 1.29 is 23.9 Å². The molecule has 2 aromatic rings. The average Bonchev–Trinajstić information content (AvgIpc) is 3.28. The van der Waals surface area contributed by atoms with Crippen molar-refractivity contribution in [1.29, 1.82) is 0 Å².